The number of hydrogen-bond acceptors (Lipinski definition) is 0. The molecule has 0 aromatic carbocycles. The van der Waals surface area contributed by atoms with Gasteiger partial charge in [0.2, 0.25) is 0 Å². The van der Waals surface area contributed by atoms with E-state index in [9.17, 15) is 4.39 Å². The molecule has 1 aliphatic rings. The highest BCUT2D eigenvalue weighted by Crippen LogP contribution is 2.36. The average Bonchev–Trinajstić information content (AvgIpc) is 2.37. The van der Waals surface area contributed by atoms with Crippen LogP contribution in [0.25, 0.3) is 0 Å². The summed E-state index contributed by atoms with van der Waals surface area (Å²) < 4.78 is 14.0. The van der Waals surface area contributed by atoms with E-state index in [0.29, 0.717) is 5.92 Å². The van der Waals surface area contributed by atoms with Crippen LogP contribution in [-0.4, -0.2) is 6.17 Å². The fraction of sp³-hybridized carbons (Fsp3) is 0.733. The van der Waals surface area contributed by atoms with Crippen molar-refractivity contribution in [2.75, 3.05) is 0 Å². The molecule has 0 bridgehead atoms. The van der Waals surface area contributed by atoms with Crippen molar-refractivity contribution in [2.45, 2.75) is 60.1 Å². The topological polar surface area (TPSA) is 0 Å². The van der Waals surface area contributed by atoms with Crippen molar-refractivity contribution in [1.29, 1.82) is 0 Å². The van der Waals surface area contributed by atoms with Crippen molar-refractivity contribution in [3.8, 4) is 0 Å². The molecule has 1 heteroatoms. The van der Waals surface area contributed by atoms with Gasteiger partial charge in [0.1, 0.15) is 6.17 Å². The molecule has 0 aromatic rings. The average molecular weight is 224 g/mol. The van der Waals surface area contributed by atoms with Crippen LogP contribution in [0.5, 0.6) is 0 Å². The molecule has 0 fully saturated rings. The van der Waals surface area contributed by atoms with Gasteiger partial charge in [-0.05, 0) is 55.7 Å². The quantitative estimate of drug-likeness (QED) is 0.614. The highest BCUT2D eigenvalue weighted by molar-refractivity contribution is 5.35. The van der Waals surface area contributed by atoms with Crippen molar-refractivity contribution >= 4 is 0 Å². The van der Waals surface area contributed by atoms with Gasteiger partial charge >= 0.3 is 0 Å². The van der Waals surface area contributed by atoms with Gasteiger partial charge in [-0.25, -0.2) is 4.39 Å². The van der Waals surface area contributed by atoms with Crippen molar-refractivity contribution in [3.05, 3.63) is 22.8 Å². The van der Waals surface area contributed by atoms with Gasteiger partial charge in [-0.3, -0.25) is 0 Å². The third-order valence-corrected chi connectivity index (χ3v) is 4.17. The van der Waals surface area contributed by atoms with Crippen LogP contribution in [0.1, 0.15) is 53.9 Å². The second-order valence-electron chi connectivity index (χ2n) is 5.14. The summed E-state index contributed by atoms with van der Waals surface area (Å²) in [6.45, 7) is 10.6. The van der Waals surface area contributed by atoms with Gasteiger partial charge < -0.3 is 0 Å². The van der Waals surface area contributed by atoms with E-state index in [2.05, 4.69) is 27.7 Å². The molecule has 1 rings (SSSR count). The third kappa shape index (κ3) is 2.75. The summed E-state index contributed by atoms with van der Waals surface area (Å²) in [6.07, 6.45) is 4.26. The van der Waals surface area contributed by atoms with E-state index in [1.165, 1.54) is 11.1 Å². The fourth-order valence-corrected chi connectivity index (χ4v) is 2.60. The normalized spacial score (nSPS) is 34.4. The maximum absolute atomic E-state index is 14.0. The van der Waals surface area contributed by atoms with E-state index in [1.807, 2.05) is 13.0 Å². The Morgan fingerprint density at radius 2 is 2.06 bits per heavy atom. The zero-order chi connectivity index (χ0) is 12.3. The molecule has 0 nitrogen and oxygen atoms in total. The van der Waals surface area contributed by atoms with Gasteiger partial charge in [-0.15, -0.1) is 0 Å². The Bertz CT molecular complexity index is 299. The Morgan fingerprint density at radius 3 is 2.56 bits per heavy atom. The molecule has 1 aliphatic carbocycles. The molecular formula is C15H25F. The predicted octanol–water partition coefficient (Wildman–Crippen LogP) is 5.06. The molecule has 16 heavy (non-hydrogen) atoms. The lowest BCUT2D eigenvalue weighted by Crippen LogP contribution is -2.18. The summed E-state index contributed by atoms with van der Waals surface area (Å²) in [5, 5.41) is 0. The molecule has 3 atom stereocenters. The fourth-order valence-electron chi connectivity index (χ4n) is 2.60. The van der Waals surface area contributed by atoms with Crippen LogP contribution in [0.2, 0.25) is 0 Å². The van der Waals surface area contributed by atoms with Crippen molar-refractivity contribution in [2.24, 2.45) is 11.8 Å². The van der Waals surface area contributed by atoms with Crippen LogP contribution in [0.4, 0.5) is 4.39 Å². The first-order valence-electron chi connectivity index (χ1n) is 6.52. The minimum atomic E-state index is -0.771. The Labute approximate surface area is 99.6 Å². The van der Waals surface area contributed by atoms with E-state index >= 15 is 0 Å². The molecule has 0 spiro atoms. The maximum atomic E-state index is 14.0. The zero-order valence-corrected chi connectivity index (χ0v) is 11.3. The molecule has 0 amide bonds. The molecule has 92 valence electrons. The highest BCUT2D eigenvalue weighted by Gasteiger charge is 2.28. The molecule has 0 radical (unpaired) electrons. The van der Waals surface area contributed by atoms with Crippen LogP contribution >= 0.6 is 0 Å². The lowest BCUT2D eigenvalue weighted by molar-refractivity contribution is 0.218. The summed E-state index contributed by atoms with van der Waals surface area (Å²) in [7, 11) is 0. The monoisotopic (exact) mass is 224 g/mol. The van der Waals surface area contributed by atoms with Crippen LogP contribution in [0.3, 0.4) is 0 Å². The summed E-state index contributed by atoms with van der Waals surface area (Å²) in [5.41, 5.74) is 3.99. The summed E-state index contributed by atoms with van der Waals surface area (Å²) >= 11 is 0. The molecule has 0 heterocycles. The van der Waals surface area contributed by atoms with E-state index in [4.69, 9.17) is 0 Å². The first-order chi connectivity index (χ1) is 7.51. The molecule has 0 saturated heterocycles. The summed E-state index contributed by atoms with van der Waals surface area (Å²) in [4.78, 5) is 0. The molecule has 0 aliphatic heterocycles. The third-order valence-electron chi connectivity index (χ3n) is 4.17. The SMILES string of the molecule is CC/C(C)=C1/CC(CC)C(C)C(F)C=C1C. The summed E-state index contributed by atoms with van der Waals surface area (Å²) in [6, 6.07) is 0. The van der Waals surface area contributed by atoms with E-state index in [-0.39, 0.29) is 5.92 Å². The number of allylic oxidation sites excluding steroid dienone is 4. The maximum Gasteiger partial charge on any atom is 0.122 e. The number of hydrogen-bond donors (Lipinski definition) is 0. The molecule has 0 saturated carbocycles. The summed E-state index contributed by atoms with van der Waals surface area (Å²) in [5.74, 6) is 0.641. The molecule has 0 N–H and O–H groups in total. The van der Waals surface area contributed by atoms with Gasteiger partial charge in [-0.1, -0.05) is 32.8 Å². The molecule has 0 aromatic heterocycles. The lowest BCUT2D eigenvalue weighted by atomic mass is 9.84. The first kappa shape index (κ1) is 13.5. The largest absolute Gasteiger partial charge is 0.243 e. The second-order valence-corrected chi connectivity index (χ2v) is 5.14. The van der Waals surface area contributed by atoms with Gasteiger partial charge in [-0.2, -0.15) is 0 Å². The smallest absolute Gasteiger partial charge is 0.122 e. The first-order valence-corrected chi connectivity index (χ1v) is 6.52. The van der Waals surface area contributed by atoms with Gasteiger partial charge in [0, 0.05) is 0 Å². The number of halogens is 1. The predicted molar refractivity (Wildman–Crippen MR) is 69.2 cm³/mol. The Hall–Kier alpha value is -0.590. The van der Waals surface area contributed by atoms with Gasteiger partial charge in [0.05, 0.1) is 0 Å². The van der Waals surface area contributed by atoms with Crippen LogP contribution in [0.15, 0.2) is 22.8 Å². The Morgan fingerprint density at radius 1 is 1.44 bits per heavy atom. The van der Waals surface area contributed by atoms with E-state index in [1.54, 1.807) is 0 Å². The van der Waals surface area contributed by atoms with Crippen LogP contribution in [0, 0.1) is 11.8 Å². The van der Waals surface area contributed by atoms with E-state index < -0.39 is 6.17 Å². The van der Waals surface area contributed by atoms with Crippen molar-refractivity contribution in [3.63, 3.8) is 0 Å². The van der Waals surface area contributed by atoms with Gasteiger partial charge in [0.15, 0.2) is 0 Å². The van der Waals surface area contributed by atoms with Crippen molar-refractivity contribution in [1.82, 2.24) is 0 Å². The minimum absolute atomic E-state index is 0.155. The Balaban J connectivity index is 3.09. The second kappa shape index (κ2) is 5.65. The highest BCUT2D eigenvalue weighted by atomic mass is 19.1. The molecule has 3 unspecified atom stereocenters. The van der Waals surface area contributed by atoms with Crippen LogP contribution in [-0.2, 0) is 0 Å². The lowest BCUT2D eigenvalue weighted by Gasteiger charge is -2.22. The van der Waals surface area contributed by atoms with E-state index in [0.717, 1.165) is 24.8 Å². The zero-order valence-electron chi connectivity index (χ0n) is 11.3. The standard InChI is InChI=1S/C15H25F/c1-6-10(3)14-9-13(7-2)12(5)15(16)8-11(14)4/h8,12-13,15H,6-7,9H2,1-5H3/b14-10-. The molecular weight excluding hydrogens is 199 g/mol. The van der Waals surface area contributed by atoms with Crippen molar-refractivity contribution < 1.29 is 4.39 Å². The Kier molecular flexibility index (Phi) is 4.76. The minimum Gasteiger partial charge on any atom is -0.243 e. The van der Waals surface area contributed by atoms with Gasteiger partial charge in [0.25, 0.3) is 0 Å². The van der Waals surface area contributed by atoms with Crippen LogP contribution < -0.4 is 0 Å². The number of alkyl halides is 1. The number of rotatable bonds is 2.